The number of nitrogens with zero attached hydrogens (tertiary/aromatic N) is 2. The van der Waals surface area contributed by atoms with E-state index in [1.54, 1.807) is 24.3 Å². The molecule has 8 nitrogen and oxygen atoms in total. The Bertz CT molecular complexity index is 1090. The molecule has 1 aromatic carbocycles. The molecule has 3 N–H and O–H groups in total. The van der Waals surface area contributed by atoms with Gasteiger partial charge in [0.2, 0.25) is 0 Å². The predicted molar refractivity (Wildman–Crippen MR) is 96.4 cm³/mol. The van der Waals surface area contributed by atoms with Gasteiger partial charge in [0.25, 0.3) is 5.91 Å². The first-order valence-electron chi connectivity index (χ1n) is 8.71. The van der Waals surface area contributed by atoms with Crippen LogP contribution in [-0.4, -0.2) is 32.2 Å². The molecule has 1 aliphatic rings. The maximum absolute atomic E-state index is 12.4. The molecule has 3 aromatic rings. The summed E-state index contributed by atoms with van der Waals surface area (Å²) in [5.41, 5.74) is 2.38. The van der Waals surface area contributed by atoms with E-state index < -0.39 is 11.1 Å². The summed E-state index contributed by atoms with van der Waals surface area (Å²) in [6.45, 7) is 0.440. The second kappa shape index (κ2) is 6.62. The van der Waals surface area contributed by atoms with E-state index in [-0.39, 0.29) is 19.0 Å². The highest BCUT2D eigenvalue weighted by Crippen LogP contribution is 2.21. The Morgan fingerprint density at radius 3 is 2.88 bits per heavy atom. The van der Waals surface area contributed by atoms with Crippen molar-refractivity contribution in [1.82, 2.24) is 25.1 Å². The highest BCUT2D eigenvalue weighted by molar-refractivity contribution is 5.94. The summed E-state index contributed by atoms with van der Waals surface area (Å²) in [5.74, 6) is -0.258. The number of hydrogen-bond acceptors (Lipinski definition) is 4. The molecule has 2 heterocycles. The number of para-hydroxylation sites is 2. The van der Waals surface area contributed by atoms with Gasteiger partial charge in [0.05, 0.1) is 11.0 Å². The first kappa shape index (κ1) is 16.3. The predicted octanol–water partition coefficient (Wildman–Crippen LogP) is 0.722. The lowest BCUT2D eigenvalue weighted by Crippen LogP contribution is -2.39. The molecule has 134 valence electrons. The van der Waals surface area contributed by atoms with Crippen molar-refractivity contribution in [2.45, 2.75) is 32.2 Å². The summed E-state index contributed by atoms with van der Waals surface area (Å²) in [5, 5.41) is 9.89. The molecule has 0 atom stereocenters. The summed E-state index contributed by atoms with van der Waals surface area (Å²) in [6.07, 6.45) is 3.94. The average Bonchev–Trinajstić information content (AvgIpc) is 3.09. The van der Waals surface area contributed by atoms with Gasteiger partial charge in [0.1, 0.15) is 0 Å². The minimum Gasteiger partial charge on any atom is -0.349 e. The Labute approximate surface area is 148 Å². The van der Waals surface area contributed by atoms with Crippen molar-refractivity contribution in [1.29, 1.82) is 0 Å². The minimum atomic E-state index is -0.670. The van der Waals surface area contributed by atoms with Crippen molar-refractivity contribution in [3.63, 3.8) is 0 Å². The van der Waals surface area contributed by atoms with Crippen molar-refractivity contribution in [2.24, 2.45) is 0 Å². The monoisotopic (exact) mass is 353 g/mol. The maximum Gasteiger partial charge on any atom is 0.316 e. The van der Waals surface area contributed by atoms with Gasteiger partial charge in [-0.2, -0.15) is 5.10 Å². The molecule has 26 heavy (non-hydrogen) atoms. The van der Waals surface area contributed by atoms with Crippen molar-refractivity contribution < 1.29 is 4.79 Å². The van der Waals surface area contributed by atoms with Crippen LogP contribution in [0.15, 0.2) is 33.9 Å². The molecule has 0 spiro atoms. The molecule has 8 heteroatoms. The summed E-state index contributed by atoms with van der Waals surface area (Å²) >= 11 is 0. The van der Waals surface area contributed by atoms with Gasteiger partial charge >= 0.3 is 11.1 Å². The molecule has 0 fully saturated rings. The van der Waals surface area contributed by atoms with Crippen LogP contribution in [-0.2, 0) is 19.4 Å². The van der Waals surface area contributed by atoms with E-state index in [4.69, 9.17) is 0 Å². The largest absolute Gasteiger partial charge is 0.349 e. The van der Waals surface area contributed by atoms with Crippen LogP contribution < -0.4 is 16.4 Å². The number of hydrogen-bond donors (Lipinski definition) is 3. The number of aryl methyl sites for hydroxylation is 1. The molecule has 0 saturated carbocycles. The molecule has 1 amide bonds. The van der Waals surface area contributed by atoms with Crippen LogP contribution in [0.1, 0.15) is 34.6 Å². The molecule has 0 saturated heterocycles. The Morgan fingerprint density at radius 1 is 1.19 bits per heavy atom. The Hall–Kier alpha value is -3.16. The lowest BCUT2D eigenvalue weighted by atomic mass is 9.96. The zero-order valence-corrected chi connectivity index (χ0v) is 14.2. The first-order valence-corrected chi connectivity index (χ1v) is 8.71. The lowest BCUT2D eigenvalue weighted by molar-refractivity contribution is 0.0946. The quantitative estimate of drug-likeness (QED) is 0.600. The van der Waals surface area contributed by atoms with Gasteiger partial charge in [-0.1, -0.05) is 12.1 Å². The van der Waals surface area contributed by atoms with Gasteiger partial charge in [-0.25, -0.2) is 0 Å². The number of aromatic amines is 2. The van der Waals surface area contributed by atoms with Gasteiger partial charge < -0.3 is 14.9 Å². The normalized spacial score (nSPS) is 13.5. The molecule has 0 unspecified atom stereocenters. The standard InChI is InChI=1S/C18H19N5O3/c24-16(15-11-5-1-2-6-12(11)21-22-15)19-9-10-23-14-8-4-3-7-13(14)20-17(25)18(23)26/h3-4,7-8H,1-2,5-6,9-10H2,(H,19,24)(H,20,25)(H,21,22). The minimum absolute atomic E-state index is 0.210. The Kier molecular flexibility index (Phi) is 4.16. The lowest BCUT2D eigenvalue weighted by Gasteiger charge is -2.12. The summed E-state index contributed by atoms with van der Waals surface area (Å²) in [7, 11) is 0. The second-order valence-electron chi connectivity index (χ2n) is 6.42. The number of rotatable bonds is 4. The third-order valence-electron chi connectivity index (χ3n) is 4.77. The van der Waals surface area contributed by atoms with E-state index in [1.165, 1.54) is 4.57 Å². The summed E-state index contributed by atoms with van der Waals surface area (Å²) in [4.78, 5) is 39.0. The van der Waals surface area contributed by atoms with Crippen LogP contribution >= 0.6 is 0 Å². The SMILES string of the molecule is O=C(NCCn1c(=O)c(=O)[nH]c2ccccc21)c1n[nH]c2c1CCCC2. The molecule has 2 aromatic heterocycles. The number of carbonyl (C=O) groups excluding carboxylic acids is 1. The number of amides is 1. The molecule has 1 aliphatic carbocycles. The van der Waals surface area contributed by atoms with E-state index in [1.807, 2.05) is 0 Å². The summed E-state index contributed by atoms with van der Waals surface area (Å²) in [6, 6.07) is 7.08. The van der Waals surface area contributed by atoms with Crippen LogP contribution in [0.25, 0.3) is 11.0 Å². The van der Waals surface area contributed by atoms with Gasteiger partial charge in [0, 0.05) is 24.3 Å². The number of aromatic nitrogens is 4. The van der Waals surface area contributed by atoms with E-state index in [2.05, 4.69) is 20.5 Å². The molecule has 4 rings (SSSR count). The van der Waals surface area contributed by atoms with Crippen LogP contribution in [0.4, 0.5) is 0 Å². The van der Waals surface area contributed by atoms with Crippen molar-refractivity contribution >= 4 is 16.9 Å². The fourth-order valence-corrected chi connectivity index (χ4v) is 3.48. The second-order valence-corrected chi connectivity index (χ2v) is 6.42. The number of nitrogens with one attached hydrogen (secondary N) is 3. The maximum atomic E-state index is 12.4. The number of carbonyl (C=O) groups is 1. The van der Waals surface area contributed by atoms with E-state index >= 15 is 0 Å². The Morgan fingerprint density at radius 2 is 2.00 bits per heavy atom. The number of H-pyrrole nitrogens is 2. The van der Waals surface area contributed by atoms with Gasteiger partial charge in [0.15, 0.2) is 5.69 Å². The van der Waals surface area contributed by atoms with Gasteiger partial charge in [-0.3, -0.25) is 19.5 Å². The molecule has 0 radical (unpaired) electrons. The van der Waals surface area contributed by atoms with Crippen LogP contribution in [0, 0.1) is 0 Å². The van der Waals surface area contributed by atoms with Gasteiger partial charge in [-0.05, 0) is 37.8 Å². The van der Waals surface area contributed by atoms with Gasteiger partial charge in [-0.15, -0.1) is 0 Å². The number of benzene rings is 1. The highest BCUT2D eigenvalue weighted by atomic mass is 16.2. The molecule has 0 aliphatic heterocycles. The van der Waals surface area contributed by atoms with Crippen molar-refractivity contribution in [3.8, 4) is 0 Å². The third kappa shape index (κ3) is 2.83. The fraction of sp³-hybridized carbons (Fsp3) is 0.333. The number of fused-ring (bicyclic) bond motifs is 2. The first-order chi connectivity index (χ1) is 12.6. The fourth-order valence-electron chi connectivity index (χ4n) is 3.48. The molecular weight excluding hydrogens is 334 g/mol. The molecular formula is C18H19N5O3. The topological polar surface area (TPSA) is 113 Å². The van der Waals surface area contributed by atoms with Crippen molar-refractivity contribution in [3.05, 3.63) is 61.9 Å². The van der Waals surface area contributed by atoms with Crippen molar-refractivity contribution in [2.75, 3.05) is 6.54 Å². The van der Waals surface area contributed by atoms with Crippen LogP contribution in [0.2, 0.25) is 0 Å². The van der Waals surface area contributed by atoms with E-state index in [0.29, 0.717) is 16.7 Å². The van der Waals surface area contributed by atoms with E-state index in [0.717, 1.165) is 36.9 Å². The van der Waals surface area contributed by atoms with Crippen LogP contribution in [0.3, 0.4) is 0 Å². The molecule has 0 bridgehead atoms. The highest BCUT2D eigenvalue weighted by Gasteiger charge is 2.21. The third-order valence-corrected chi connectivity index (χ3v) is 4.77. The Balaban J connectivity index is 1.52. The summed E-state index contributed by atoms with van der Waals surface area (Å²) < 4.78 is 1.38. The van der Waals surface area contributed by atoms with E-state index in [9.17, 15) is 14.4 Å². The zero-order chi connectivity index (χ0) is 18.1. The van der Waals surface area contributed by atoms with Crippen LogP contribution in [0.5, 0.6) is 0 Å². The smallest absolute Gasteiger partial charge is 0.316 e. The zero-order valence-electron chi connectivity index (χ0n) is 14.2. The average molecular weight is 353 g/mol.